The average Bonchev–Trinajstić information content (AvgIpc) is 3.39. The van der Waals surface area contributed by atoms with E-state index in [0.29, 0.717) is 42.9 Å². The molecule has 0 saturated carbocycles. The van der Waals surface area contributed by atoms with Gasteiger partial charge in [0.2, 0.25) is 5.91 Å². The number of nitrogens with zero attached hydrogens (tertiary/aromatic N) is 2. The first-order valence-corrected chi connectivity index (χ1v) is 11.9. The monoisotopic (exact) mass is 497 g/mol. The van der Waals surface area contributed by atoms with Crippen LogP contribution in [0.5, 0.6) is 0 Å². The second kappa shape index (κ2) is 9.87. The van der Waals surface area contributed by atoms with E-state index in [-0.39, 0.29) is 11.6 Å². The Balaban J connectivity index is 1.47. The highest BCUT2D eigenvalue weighted by atomic mass is 19.4. The molecule has 4 N–H and O–H groups in total. The summed E-state index contributed by atoms with van der Waals surface area (Å²) in [4.78, 5) is 21.3. The highest BCUT2D eigenvalue weighted by molar-refractivity contribution is 5.98. The quantitative estimate of drug-likeness (QED) is 0.416. The predicted molar refractivity (Wildman–Crippen MR) is 130 cm³/mol. The molecular weight excluding hydrogens is 471 g/mol. The second-order valence-electron chi connectivity index (χ2n) is 9.15. The Labute approximate surface area is 206 Å². The van der Waals surface area contributed by atoms with Gasteiger partial charge in [-0.25, -0.2) is 9.97 Å². The Kier molecular flexibility index (Phi) is 6.63. The van der Waals surface area contributed by atoms with E-state index in [9.17, 15) is 23.1 Å². The molecule has 1 aliphatic heterocycles. The highest BCUT2D eigenvalue weighted by Crippen LogP contribution is 2.36. The lowest BCUT2D eigenvalue weighted by atomic mass is 9.88. The summed E-state index contributed by atoms with van der Waals surface area (Å²) < 4.78 is 40.3. The van der Waals surface area contributed by atoms with Crippen LogP contribution in [0.1, 0.15) is 36.0 Å². The normalized spacial score (nSPS) is 19.6. The number of anilines is 3. The summed E-state index contributed by atoms with van der Waals surface area (Å²) in [6, 6.07) is 10.3. The van der Waals surface area contributed by atoms with Crippen molar-refractivity contribution in [2.24, 2.45) is 0 Å². The fourth-order valence-electron chi connectivity index (χ4n) is 4.77. The fourth-order valence-corrected chi connectivity index (χ4v) is 4.77. The maximum absolute atomic E-state index is 13.4. The number of amides is 1. The van der Waals surface area contributed by atoms with Crippen molar-refractivity contribution < 1.29 is 23.1 Å². The number of carbonyl (C=O) groups excluding carboxylic acids is 1. The maximum atomic E-state index is 13.4. The number of aromatic nitrogens is 2. The minimum Gasteiger partial charge on any atom is -0.393 e. The Morgan fingerprint density at radius 3 is 2.72 bits per heavy atom. The van der Waals surface area contributed by atoms with E-state index in [2.05, 4.69) is 25.9 Å². The molecule has 2 heterocycles. The summed E-state index contributed by atoms with van der Waals surface area (Å²) in [5, 5.41) is 19.1. The van der Waals surface area contributed by atoms with Crippen LogP contribution in [0.15, 0.2) is 48.8 Å². The van der Waals surface area contributed by atoms with Gasteiger partial charge in [0.15, 0.2) is 0 Å². The summed E-state index contributed by atoms with van der Waals surface area (Å²) in [7, 11) is 0. The number of alkyl halides is 3. The molecule has 5 rings (SSSR count). The van der Waals surface area contributed by atoms with E-state index in [1.807, 2.05) is 18.2 Å². The zero-order chi connectivity index (χ0) is 25.3. The van der Waals surface area contributed by atoms with Crippen molar-refractivity contribution in [1.82, 2.24) is 15.3 Å². The van der Waals surface area contributed by atoms with Crippen LogP contribution < -0.4 is 16.0 Å². The lowest BCUT2D eigenvalue weighted by Gasteiger charge is -2.23. The minimum atomic E-state index is -4.56. The molecular formula is C26H26F3N5O2. The number of fused-ring (bicyclic) bond motifs is 1. The lowest BCUT2D eigenvalue weighted by molar-refractivity contribution is -0.137. The molecule has 1 amide bonds. The molecule has 1 aromatic heterocycles. The SMILES string of the molecule is O=C(Nc1cc(C(F)(F)F)ccc1-c1cc(Nc2cccc3c2C[C@@H](O)CC3)ncn1)[C@@H]1CCCN1. The van der Waals surface area contributed by atoms with Gasteiger partial charge in [0.25, 0.3) is 0 Å². The van der Waals surface area contributed by atoms with Crippen LogP contribution in [0.2, 0.25) is 0 Å². The molecule has 1 fully saturated rings. The van der Waals surface area contributed by atoms with Crippen molar-refractivity contribution in [1.29, 1.82) is 0 Å². The molecule has 0 radical (unpaired) electrons. The number of halogens is 3. The molecule has 10 heteroatoms. The van der Waals surface area contributed by atoms with Gasteiger partial charge in [0, 0.05) is 23.7 Å². The number of hydrogen-bond acceptors (Lipinski definition) is 6. The number of rotatable bonds is 5. The van der Waals surface area contributed by atoms with Crippen LogP contribution in [0.25, 0.3) is 11.3 Å². The predicted octanol–water partition coefficient (Wildman–Crippen LogP) is 4.45. The number of nitrogens with one attached hydrogen (secondary N) is 3. The van der Waals surface area contributed by atoms with E-state index >= 15 is 0 Å². The van der Waals surface area contributed by atoms with Gasteiger partial charge in [-0.05, 0) is 61.6 Å². The summed E-state index contributed by atoms with van der Waals surface area (Å²) in [5.41, 5.74) is 2.88. The molecule has 2 aromatic carbocycles. The molecule has 0 bridgehead atoms. The number of aliphatic hydroxyl groups excluding tert-OH is 1. The highest BCUT2D eigenvalue weighted by Gasteiger charge is 2.32. The van der Waals surface area contributed by atoms with Gasteiger partial charge in [-0.1, -0.05) is 18.2 Å². The van der Waals surface area contributed by atoms with Crippen LogP contribution in [0, 0.1) is 0 Å². The van der Waals surface area contributed by atoms with Gasteiger partial charge in [0.05, 0.1) is 29.1 Å². The van der Waals surface area contributed by atoms with Crippen LogP contribution in [0.4, 0.5) is 30.4 Å². The van der Waals surface area contributed by atoms with Crippen molar-refractivity contribution >= 4 is 23.1 Å². The van der Waals surface area contributed by atoms with Crippen LogP contribution in [0.3, 0.4) is 0 Å². The van der Waals surface area contributed by atoms with E-state index in [0.717, 1.165) is 41.8 Å². The Bertz CT molecular complexity index is 1270. The maximum Gasteiger partial charge on any atom is 0.416 e. The van der Waals surface area contributed by atoms with Crippen LogP contribution in [-0.2, 0) is 23.8 Å². The van der Waals surface area contributed by atoms with Crippen molar-refractivity contribution in [3.63, 3.8) is 0 Å². The van der Waals surface area contributed by atoms with Gasteiger partial charge in [-0.3, -0.25) is 4.79 Å². The molecule has 0 unspecified atom stereocenters. The van der Waals surface area contributed by atoms with Gasteiger partial charge < -0.3 is 21.1 Å². The van der Waals surface area contributed by atoms with Crippen molar-refractivity contribution in [3.8, 4) is 11.3 Å². The average molecular weight is 498 g/mol. The third kappa shape index (κ3) is 5.19. The van der Waals surface area contributed by atoms with Crippen molar-refractivity contribution in [2.45, 2.75) is 50.4 Å². The fraction of sp³-hybridized carbons (Fsp3) is 0.346. The molecule has 36 heavy (non-hydrogen) atoms. The van der Waals surface area contributed by atoms with Gasteiger partial charge in [-0.2, -0.15) is 13.2 Å². The number of hydrogen-bond donors (Lipinski definition) is 4. The van der Waals surface area contributed by atoms with Crippen molar-refractivity contribution in [3.05, 3.63) is 65.5 Å². The Morgan fingerprint density at radius 2 is 1.94 bits per heavy atom. The first-order chi connectivity index (χ1) is 17.3. The summed E-state index contributed by atoms with van der Waals surface area (Å²) in [5.74, 6) is 0.0676. The number of aryl methyl sites for hydroxylation is 1. The third-order valence-corrected chi connectivity index (χ3v) is 6.65. The molecule has 1 saturated heterocycles. The van der Waals surface area contributed by atoms with Crippen LogP contribution in [-0.4, -0.2) is 39.7 Å². The third-order valence-electron chi connectivity index (χ3n) is 6.65. The second-order valence-corrected chi connectivity index (χ2v) is 9.15. The van der Waals surface area contributed by atoms with Crippen LogP contribution >= 0.6 is 0 Å². The van der Waals surface area contributed by atoms with E-state index in [1.54, 1.807) is 6.07 Å². The van der Waals surface area contributed by atoms with E-state index in [4.69, 9.17) is 0 Å². The number of aliphatic hydroxyl groups is 1. The number of benzene rings is 2. The molecule has 7 nitrogen and oxygen atoms in total. The first kappa shape index (κ1) is 24.2. The van der Waals surface area contributed by atoms with Gasteiger partial charge >= 0.3 is 6.18 Å². The van der Waals surface area contributed by atoms with E-state index < -0.39 is 23.9 Å². The minimum absolute atomic E-state index is 0.0355. The zero-order valence-corrected chi connectivity index (χ0v) is 19.4. The topological polar surface area (TPSA) is 99.2 Å². The molecule has 1 aliphatic carbocycles. The summed E-state index contributed by atoms with van der Waals surface area (Å²) in [6.07, 6.45) is -0.164. The Hall–Kier alpha value is -3.50. The molecule has 3 aromatic rings. The largest absolute Gasteiger partial charge is 0.416 e. The van der Waals surface area contributed by atoms with E-state index in [1.165, 1.54) is 12.4 Å². The lowest BCUT2D eigenvalue weighted by Crippen LogP contribution is -2.35. The molecule has 0 spiro atoms. The standard InChI is InChI=1S/C26H26F3N5O2/c27-26(28,29)16-7-9-18(23(11-16)34-25(36)21-5-2-10-30-21)22-13-24(32-14-31-22)33-20-4-1-3-15-6-8-17(35)12-19(15)20/h1,3-4,7,9,11,13-14,17,21,30,35H,2,5-6,8,10,12H2,(H,34,36)(H,31,32,33)/t17-,21-/m0/s1. The smallest absolute Gasteiger partial charge is 0.393 e. The molecule has 2 atom stereocenters. The molecule has 188 valence electrons. The number of carbonyl (C=O) groups is 1. The Morgan fingerprint density at radius 1 is 1.08 bits per heavy atom. The zero-order valence-electron chi connectivity index (χ0n) is 19.4. The van der Waals surface area contributed by atoms with Gasteiger partial charge in [0.1, 0.15) is 12.1 Å². The first-order valence-electron chi connectivity index (χ1n) is 11.9. The van der Waals surface area contributed by atoms with Gasteiger partial charge in [-0.15, -0.1) is 0 Å². The summed E-state index contributed by atoms with van der Waals surface area (Å²) in [6.45, 7) is 0.689. The van der Waals surface area contributed by atoms with Crippen molar-refractivity contribution in [2.75, 3.05) is 17.2 Å². The summed E-state index contributed by atoms with van der Waals surface area (Å²) >= 11 is 0. The molecule has 2 aliphatic rings.